The predicted octanol–water partition coefficient (Wildman–Crippen LogP) is 34.6. The molecule has 1 rings (SSSR count). The molecule has 1 aliphatic heterocycles. The van der Waals surface area contributed by atoms with Gasteiger partial charge in [0.05, 0.1) is 12.2 Å². The number of hydrogen-bond acceptors (Lipinski definition) is 13. The Balaban J connectivity index is -0.0000000836. The maximum atomic E-state index is 11.7. The summed E-state index contributed by atoms with van der Waals surface area (Å²) in [6, 6.07) is 0. The zero-order valence-corrected chi connectivity index (χ0v) is 89.9. The number of ketones is 10. The number of unbranched alkanes of at least 4 members (excludes halogenated alkanes) is 28. The Kier molecular flexibility index (Phi) is 189. The second-order valence-electron chi connectivity index (χ2n) is 33.4. The lowest BCUT2D eigenvalue weighted by Gasteiger charge is -2.26. The van der Waals surface area contributed by atoms with Crippen molar-refractivity contribution in [1.29, 1.82) is 0 Å². The lowest BCUT2D eigenvalue weighted by atomic mass is 10.1. The molecule has 1 heterocycles. The summed E-state index contributed by atoms with van der Waals surface area (Å²) >= 11 is 0. The Morgan fingerprint density at radius 3 is 0.643 bits per heavy atom. The first-order valence-corrected chi connectivity index (χ1v) is 51.5. The van der Waals surface area contributed by atoms with Gasteiger partial charge in [-0.05, 0) is 269 Å². The van der Waals surface area contributed by atoms with Gasteiger partial charge in [0.15, 0.2) is 0 Å². The molecule has 0 saturated carbocycles. The number of amides is 1. The van der Waals surface area contributed by atoms with Crippen LogP contribution in [-0.2, 0) is 52.7 Å². The van der Waals surface area contributed by atoms with Crippen LogP contribution in [0.15, 0.2) is 114 Å². The first-order chi connectivity index (χ1) is 61.4. The average Bonchev–Trinajstić information content (AvgIpc) is 0.920. The molecule has 1 saturated heterocycles. The zero-order valence-electron chi connectivity index (χ0n) is 89.9. The lowest BCUT2D eigenvalue weighted by Crippen LogP contribution is -2.35. The van der Waals surface area contributed by atoms with Gasteiger partial charge in [0.1, 0.15) is 57.8 Å². The highest BCUT2D eigenvalue weighted by Crippen LogP contribution is 2.14. The highest BCUT2D eigenvalue weighted by molar-refractivity contribution is 5.79. The second kappa shape index (κ2) is 156. The van der Waals surface area contributed by atoms with Gasteiger partial charge in [-0.25, -0.2) is 0 Å². The number of carbonyl (C=O) groups is 11. The molecule has 764 valence electrons. The number of hydrogen-bond donors (Lipinski definition) is 2. The molecule has 14 heteroatoms. The van der Waals surface area contributed by atoms with E-state index < -0.39 is 0 Å². The van der Waals surface area contributed by atoms with Gasteiger partial charge in [0, 0.05) is 90.1 Å². The minimum absolute atomic E-state index is 0.116. The van der Waals surface area contributed by atoms with E-state index in [1.807, 2.05) is 82.1 Å². The molecule has 14 nitrogen and oxygen atoms in total. The summed E-state index contributed by atoms with van der Waals surface area (Å²) in [6.07, 6.45) is 81.2. The van der Waals surface area contributed by atoms with E-state index in [1.165, 1.54) is 154 Å². The van der Waals surface area contributed by atoms with Crippen molar-refractivity contribution >= 4 is 63.7 Å². The van der Waals surface area contributed by atoms with Gasteiger partial charge in [0.25, 0.3) is 0 Å². The highest BCUT2D eigenvalue weighted by Gasteiger charge is 2.15. The summed E-state index contributed by atoms with van der Waals surface area (Å²) in [5, 5.41) is 16.7. The van der Waals surface area contributed by atoms with Crippen LogP contribution in [0.4, 0.5) is 0 Å². The second-order valence-corrected chi connectivity index (χ2v) is 33.4. The van der Waals surface area contributed by atoms with Crippen LogP contribution in [0.25, 0.3) is 0 Å². The van der Waals surface area contributed by atoms with E-state index in [-0.39, 0.29) is 41.1 Å². The molecule has 1 fully saturated rings. The molecule has 0 bridgehead atoms. The third kappa shape index (κ3) is 255. The minimum atomic E-state index is -0.116. The predicted molar refractivity (Wildman–Crippen MR) is 572 cm³/mol. The standard InChI is InChI=1S/C13H24O.C12H21NO.C10H18O.C9H16O.2C8H14O.C8H18.C8H16.C7H12O.C6H10O.3C5H10O.2C4H10O.C3H8/c1-3-4-5-6-7-8-9-10-11-12-13(2)14;1-2-3-4-6-9-12(14)13-10-7-5-8-11-13;1-3-4-5-6-7-8-9-10(2)11;1-3-5-7-9(10)8-6-4-2;2*1-3-4-5-6-7-8(2)9;2*1-3-5-7-8-6-4-2;1-3-4-5-6-7(2)8;1-3-4-5-6(2)7;3*1-3-4-5(2)6;2*1-3-4(2)5;1-3-2/h3H,1,4-12H2,2H3;2H,1,3-11H2;3H,1,4-9H2,2H3;3H,1,4-8H2,2H3;2*3H,1,4-7H2,2H3;3-8H2,1-2H3;3H,1,4-8H2,2H3;3H,1,4-6H2,2H3;3H,1,4-5H2,2H3;3*3-4H2,1-2H3;2*4-5H,3H2,1-2H3;3H2,1-2H3. The van der Waals surface area contributed by atoms with E-state index in [0.29, 0.717) is 54.1 Å². The van der Waals surface area contributed by atoms with Crippen LogP contribution in [-0.4, -0.2) is 104 Å². The molecule has 2 N–H and O–H groups in total. The molecule has 2 unspecified atom stereocenters. The lowest BCUT2D eigenvalue weighted by molar-refractivity contribution is -0.132. The Morgan fingerprint density at radius 2 is 0.426 bits per heavy atom. The SMILES string of the molecule is C=CCCC(=O)CCCC.C=CCCC(C)=O.C=CCCCC(C)=O.C=CCCCCC(=O)N1CCCCC1.C=CCCCCC(C)=O.C=CCCCCC(C)=O.C=CCCCCCC.C=CCCCCCCC(C)=O.C=CCCCCCCCCCC(C)=O.CCC.CCC(C)O.CCC(C)O.CCCC(C)=O.CCCC(C)=O.CCCC(C)=O.CCCCCCCC. The fourth-order valence-electron chi connectivity index (χ4n) is 9.94. The number of Topliss-reactive ketones (excluding diaryl/α,β-unsaturated/α-hetero) is 10. The summed E-state index contributed by atoms with van der Waals surface area (Å²) in [6.45, 7) is 75.6. The normalized spacial score (nSPS) is 10.3. The van der Waals surface area contributed by atoms with E-state index in [0.717, 1.165) is 225 Å². The number of likely N-dealkylation sites (tertiary alicyclic amines) is 1. The van der Waals surface area contributed by atoms with Crippen LogP contribution in [0.3, 0.4) is 0 Å². The third-order valence-corrected chi connectivity index (χ3v) is 18.0. The number of allylic oxidation sites excluding steroid dienone is 9. The fourth-order valence-corrected chi connectivity index (χ4v) is 9.94. The molecule has 1 aliphatic rings. The van der Waals surface area contributed by atoms with Crippen LogP contribution in [0, 0.1) is 0 Å². The van der Waals surface area contributed by atoms with Crippen molar-refractivity contribution in [2.75, 3.05) is 13.1 Å². The van der Waals surface area contributed by atoms with E-state index in [2.05, 4.69) is 101 Å². The van der Waals surface area contributed by atoms with Gasteiger partial charge in [-0.15, -0.1) is 59.2 Å². The summed E-state index contributed by atoms with van der Waals surface area (Å²) in [5.41, 5.74) is 0. The van der Waals surface area contributed by atoms with Crippen molar-refractivity contribution in [3.05, 3.63) is 114 Å². The molecule has 129 heavy (non-hydrogen) atoms. The fraction of sp³-hybridized carbons (Fsp3) is 0.748. The van der Waals surface area contributed by atoms with E-state index in [4.69, 9.17) is 10.2 Å². The average molecular weight is 1830 g/mol. The third-order valence-electron chi connectivity index (χ3n) is 18.0. The van der Waals surface area contributed by atoms with Crippen molar-refractivity contribution in [2.24, 2.45) is 0 Å². The quantitative estimate of drug-likeness (QED) is 0.0427. The number of aliphatic hydroxyl groups excluding tert-OH is 2. The molecule has 0 aromatic carbocycles. The number of rotatable bonds is 63. The number of nitrogens with zero attached hydrogens (tertiary/aromatic N) is 1. The van der Waals surface area contributed by atoms with E-state index >= 15 is 0 Å². The summed E-state index contributed by atoms with van der Waals surface area (Å²) in [5.74, 6) is 3.33. The summed E-state index contributed by atoms with van der Waals surface area (Å²) in [7, 11) is 0. The Labute approximate surface area is 803 Å². The maximum absolute atomic E-state index is 11.7. The minimum Gasteiger partial charge on any atom is -0.393 e. The molecule has 1 amide bonds. The maximum Gasteiger partial charge on any atom is 0.222 e. The van der Waals surface area contributed by atoms with Crippen molar-refractivity contribution in [3.8, 4) is 0 Å². The summed E-state index contributed by atoms with van der Waals surface area (Å²) in [4.78, 5) is 117. The zero-order chi connectivity index (χ0) is 102. The Hall–Kier alpha value is -6.25. The van der Waals surface area contributed by atoms with E-state index in [1.54, 1.807) is 88.3 Å². The number of piperidine rings is 1. The topological polar surface area (TPSA) is 231 Å². The van der Waals surface area contributed by atoms with Gasteiger partial charge >= 0.3 is 0 Å². The van der Waals surface area contributed by atoms with Gasteiger partial charge in [-0.1, -0.05) is 246 Å². The van der Waals surface area contributed by atoms with Crippen LogP contribution in [0.1, 0.15) is 538 Å². The molecule has 2 atom stereocenters. The molecular formula is C115H221NO13. The number of aliphatic hydroxyl groups is 2. The van der Waals surface area contributed by atoms with Crippen LogP contribution in [0.5, 0.6) is 0 Å². The van der Waals surface area contributed by atoms with Crippen molar-refractivity contribution in [3.63, 3.8) is 0 Å². The van der Waals surface area contributed by atoms with Gasteiger partial charge in [-0.2, -0.15) is 0 Å². The molecule has 0 radical (unpaired) electrons. The molecular weight excluding hydrogens is 1600 g/mol. The highest BCUT2D eigenvalue weighted by atomic mass is 16.3. The first kappa shape index (κ1) is 157. The monoisotopic (exact) mass is 1820 g/mol. The molecule has 0 aromatic rings. The molecule has 0 aromatic heterocycles. The van der Waals surface area contributed by atoms with Crippen LogP contribution < -0.4 is 0 Å². The van der Waals surface area contributed by atoms with E-state index in [9.17, 15) is 52.7 Å². The van der Waals surface area contributed by atoms with Gasteiger partial charge < -0.3 is 58.3 Å². The van der Waals surface area contributed by atoms with Crippen LogP contribution in [0.2, 0.25) is 0 Å². The Morgan fingerprint density at radius 1 is 0.233 bits per heavy atom. The summed E-state index contributed by atoms with van der Waals surface area (Å²) < 4.78 is 0. The van der Waals surface area contributed by atoms with Gasteiger partial charge in [0.2, 0.25) is 5.91 Å². The largest absolute Gasteiger partial charge is 0.393 e. The van der Waals surface area contributed by atoms with Crippen LogP contribution >= 0.6 is 0 Å². The van der Waals surface area contributed by atoms with Gasteiger partial charge in [-0.3, -0.25) is 9.59 Å². The smallest absolute Gasteiger partial charge is 0.222 e. The Bertz CT molecular complexity index is 2330. The van der Waals surface area contributed by atoms with Crippen molar-refractivity contribution in [2.45, 2.75) is 550 Å². The van der Waals surface area contributed by atoms with Crippen molar-refractivity contribution < 1.29 is 63.0 Å². The number of carbonyl (C=O) groups excluding carboxylic acids is 11. The van der Waals surface area contributed by atoms with Crippen molar-refractivity contribution in [1.82, 2.24) is 4.90 Å². The molecule has 0 spiro atoms. The molecule has 0 aliphatic carbocycles. The first-order valence-electron chi connectivity index (χ1n) is 51.5.